The molecule has 8 heteroatoms. The molecule has 1 atom stereocenters. The molecule has 5 rings (SSSR count). The number of ether oxygens (including phenoxy) is 3. The maximum absolute atomic E-state index is 11.3. The molecule has 8 nitrogen and oxygen atoms in total. The lowest BCUT2D eigenvalue weighted by Gasteiger charge is -2.17. The summed E-state index contributed by atoms with van der Waals surface area (Å²) in [7, 11) is 0. The minimum absolute atomic E-state index is 0.155. The second kappa shape index (κ2) is 10.9. The molecule has 0 N–H and O–H groups in total. The quantitative estimate of drug-likeness (QED) is 0.322. The molecule has 0 bridgehead atoms. The van der Waals surface area contributed by atoms with Gasteiger partial charge >= 0.3 is 11.9 Å². The number of carbonyl (C=O) groups is 2. The fourth-order valence-corrected chi connectivity index (χ4v) is 4.35. The van der Waals surface area contributed by atoms with Crippen molar-refractivity contribution in [2.75, 3.05) is 0 Å². The minimum Gasteiger partial charge on any atom is -0.489 e. The molecule has 0 saturated heterocycles. The molecule has 0 aliphatic carbocycles. The predicted molar refractivity (Wildman–Crippen MR) is 140 cm³/mol. The summed E-state index contributed by atoms with van der Waals surface area (Å²) >= 11 is 0. The van der Waals surface area contributed by atoms with Gasteiger partial charge in [-0.05, 0) is 68.8 Å². The van der Waals surface area contributed by atoms with Crippen LogP contribution in [0.5, 0.6) is 5.75 Å². The fraction of sp³-hybridized carbons (Fsp3) is 0.345. The molecule has 0 saturated carbocycles. The van der Waals surface area contributed by atoms with Crippen molar-refractivity contribution in [3.63, 3.8) is 0 Å². The highest BCUT2D eigenvalue weighted by atomic mass is 16.6. The van der Waals surface area contributed by atoms with Gasteiger partial charge in [0, 0.05) is 50.1 Å². The number of nitrogens with zero attached hydrogens (tertiary/aromatic N) is 3. The van der Waals surface area contributed by atoms with Crippen molar-refractivity contribution >= 4 is 22.8 Å². The van der Waals surface area contributed by atoms with Crippen molar-refractivity contribution in [3.8, 4) is 11.4 Å². The van der Waals surface area contributed by atoms with Gasteiger partial charge in [0.2, 0.25) is 0 Å². The molecule has 2 aromatic heterocycles. The maximum atomic E-state index is 11.3. The van der Waals surface area contributed by atoms with Crippen molar-refractivity contribution in [1.29, 1.82) is 0 Å². The van der Waals surface area contributed by atoms with Gasteiger partial charge in [-0.1, -0.05) is 12.1 Å². The van der Waals surface area contributed by atoms with E-state index in [0.29, 0.717) is 6.61 Å². The molecule has 0 spiro atoms. The van der Waals surface area contributed by atoms with Gasteiger partial charge in [-0.2, -0.15) is 5.10 Å². The number of benzene rings is 2. The molecule has 2 aromatic carbocycles. The Morgan fingerprint density at radius 2 is 1.78 bits per heavy atom. The third-order valence-corrected chi connectivity index (χ3v) is 5.72. The van der Waals surface area contributed by atoms with Crippen molar-refractivity contribution in [2.45, 2.75) is 65.9 Å². The van der Waals surface area contributed by atoms with E-state index in [4.69, 9.17) is 14.2 Å². The van der Waals surface area contributed by atoms with E-state index in [0.717, 1.165) is 46.6 Å². The van der Waals surface area contributed by atoms with Gasteiger partial charge in [0.15, 0.2) is 0 Å². The zero-order valence-electron chi connectivity index (χ0n) is 21.9. The van der Waals surface area contributed by atoms with Crippen LogP contribution in [0.2, 0.25) is 0 Å². The third-order valence-electron chi connectivity index (χ3n) is 5.72. The summed E-state index contributed by atoms with van der Waals surface area (Å²) in [6.45, 7) is 9.75. The first-order valence-electron chi connectivity index (χ1n) is 12.3. The molecule has 0 fully saturated rings. The summed E-state index contributed by atoms with van der Waals surface area (Å²) in [5.74, 6) is 0.357. The van der Waals surface area contributed by atoms with Crippen LogP contribution in [0.3, 0.4) is 0 Å². The Morgan fingerprint density at radius 3 is 2.38 bits per heavy atom. The van der Waals surface area contributed by atoms with Crippen molar-refractivity contribution in [1.82, 2.24) is 14.3 Å². The van der Waals surface area contributed by atoms with E-state index < -0.39 is 0 Å². The van der Waals surface area contributed by atoms with E-state index in [9.17, 15) is 9.59 Å². The maximum Gasteiger partial charge on any atom is 0.303 e. The first-order chi connectivity index (χ1) is 17.6. The van der Waals surface area contributed by atoms with Gasteiger partial charge in [-0.25, -0.2) is 4.68 Å². The summed E-state index contributed by atoms with van der Waals surface area (Å²) in [6, 6.07) is 18.3. The number of hydrogen-bond acceptors (Lipinski definition) is 6. The SMILES string of the molecule is CC(=O)OC(C)(C)C.CC(=O)OC1CCn2c1cc1cc(OCc3ccc(-n4cccn4)cc3)ccc12. The van der Waals surface area contributed by atoms with Crippen molar-refractivity contribution in [3.05, 3.63) is 78.2 Å². The topological polar surface area (TPSA) is 84.6 Å². The monoisotopic (exact) mass is 503 g/mol. The lowest BCUT2D eigenvalue weighted by molar-refractivity contribution is -0.152. The van der Waals surface area contributed by atoms with Gasteiger partial charge in [0.25, 0.3) is 0 Å². The van der Waals surface area contributed by atoms with Crippen LogP contribution in [0.1, 0.15) is 58.4 Å². The molecule has 1 aliphatic rings. The first-order valence-corrected chi connectivity index (χ1v) is 12.3. The second-order valence-electron chi connectivity index (χ2n) is 9.94. The zero-order valence-corrected chi connectivity index (χ0v) is 21.9. The lowest BCUT2D eigenvalue weighted by atomic mass is 10.2. The molecule has 3 heterocycles. The average molecular weight is 504 g/mol. The van der Waals surface area contributed by atoms with Gasteiger partial charge in [-0.15, -0.1) is 0 Å². The number of aryl methyl sites for hydroxylation is 1. The highest BCUT2D eigenvalue weighted by molar-refractivity contribution is 5.83. The van der Waals surface area contributed by atoms with Crippen LogP contribution in [0.15, 0.2) is 67.0 Å². The van der Waals surface area contributed by atoms with Gasteiger partial charge in [0.05, 0.1) is 11.4 Å². The Hall–Kier alpha value is -4.07. The number of rotatable bonds is 5. The molecule has 1 aliphatic heterocycles. The molecular weight excluding hydrogens is 470 g/mol. The minimum atomic E-state index is -0.328. The number of hydrogen-bond donors (Lipinski definition) is 0. The molecule has 1 unspecified atom stereocenters. The zero-order chi connectivity index (χ0) is 26.6. The Bertz CT molecular complexity index is 1370. The number of esters is 2. The summed E-state index contributed by atoms with van der Waals surface area (Å²) in [4.78, 5) is 21.6. The number of fused-ring (bicyclic) bond motifs is 3. The standard InChI is InChI=1S/C23H21N3O3.C6H12O2/c1-16(27)29-23-9-12-25-21-8-7-20(13-18(21)14-22(23)25)28-15-17-3-5-19(6-4-17)26-11-2-10-24-26;1-5(7)8-6(2,3)4/h2-8,10-11,13-14,23H,9,12,15H2,1H3;1-4H3. The second-order valence-corrected chi connectivity index (χ2v) is 9.94. The molecule has 37 heavy (non-hydrogen) atoms. The van der Waals surface area contributed by atoms with E-state index in [1.807, 2.05) is 74.1 Å². The van der Waals surface area contributed by atoms with Crippen molar-refractivity contribution < 1.29 is 23.8 Å². The normalized spacial score (nSPS) is 14.5. The predicted octanol–water partition coefficient (Wildman–Crippen LogP) is 5.76. The smallest absolute Gasteiger partial charge is 0.303 e. The highest BCUT2D eigenvalue weighted by Crippen LogP contribution is 2.36. The Labute approximate surface area is 216 Å². The highest BCUT2D eigenvalue weighted by Gasteiger charge is 2.27. The lowest BCUT2D eigenvalue weighted by Crippen LogP contribution is -2.21. The molecular formula is C29H33N3O5. The van der Waals surface area contributed by atoms with E-state index in [2.05, 4.69) is 21.8 Å². The first kappa shape index (κ1) is 26.0. The van der Waals surface area contributed by atoms with Crippen LogP contribution in [0.4, 0.5) is 0 Å². The van der Waals surface area contributed by atoms with Gasteiger partial charge in [-0.3, -0.25) is 9.59 Å². The van der Waals surface area contributed by atoms with Crippen LogP contribution >= 0.6 is 0 Å². The summed E-state index contributed by atoms with van der Waals surface area (Å²) in [5, 5.41) is 5.34. The van der Waals surface area contributed by atoms with Crippen LogP contribution in [-0.2, 0) is 32.2 Å². The Balaban J connectivity index is 0.000000349. The van der Waals surface area contributed by atoms with E-state index in [1.165, 1.54) is 13.8 Å². The average Bonchev–Trinajstić information content (AvgIpc) is 3.55. The summed E-state index contributed by atoms with van der Waals surface area (Å²) in [5.41, 5.74) is 3.99. The Kier molecular flexibility index (Phi) is 7.66. The van der Waals surface area contributed by atoms with E-state index in [-0.39, 0.29) is 23.6 Å². The largest absolute Gasteiger partial charge is 0.489 e. The van der Waals surface area contributed by atoms with Crippen LogP contribution in [0, 0.1) is 0 Å². The van der Waals surface area contributed by atoms with Crippen LogP contribution < -0.4 is 4.74 Å². The number of aromatic nitrogens is 3. The van der Waals surface area contributed by atoms with Crippen LogP contribution in [-0.4, -0.2) is 31.9 Å². The fourth-order valence-electron chi connectivity index (χ4n) is 4.35. The molecule has 194 valence electrons. The van der Waals surface area contributed by atoms with Gasteiger partial charge in [0.1, 0.15) is 24.1 Å². The third kappa shape index (κ3) is 6.78. The Morgan fingerprint density at radius 1 is 1.03 bits per heavy atom. The van der Waals surface area contributed by atoms with Crippen molar-refractivity contribution in [2.24, 2.45) is 0 Å². The van der Waals surface area contributed by atoms with E-state index in [1.54, 1.807) is 6.20 Å². The summed E-state index contributed by atoms with van der Waals surface area (Å²) in [6.07, 6.45) is 4.36. The summed E-state index contributed by atoms with van der Waals surface area (Å²) < 4.78 is 20.3. The molecule has 0 radical (unpaired) electrons. The van der Waals surface area contributed by atoms with Gasteiger partial charge < -0.3 is 18.8 Å². The molecule has 4 aromatic rings. The van der Waals surface area contributed by atoms with Crippen LogP contribution in [0.25, 0.3) is 16.6 Å². The van der Waals surface area contributed by atoms with E-state index >= 15 is 0 Å². The molecule has 0 amide bonds. The number of carbonyl (C=O) groups excluding carboxylic acids is 2.